The van der Waals surface area contributed by atoms with E-state index in [1.807, 2.05) is 66.7 Å². The molecule has 7 nitrogen and oxygen atoms in total. The summed E-state index contributed by atoms with van der Waals surface area (Å²) < 4.78 is 0. The molecule has 7 heteroatoms. The fraction of sp³-hybridized carbons (Fsp3) is 0.154. The van der Waals surface area contributed by atoms with E-state index in [0.717, 1.165) is 32.8 Å². The number of likely N-dealkylation sites (N-methyl/N-ethyl adjacent to an activating group) is 1. The van der Waals surface area contributed by atoms with Crippen LogP contribution in [0.5, 0.6) is 0 Å². The third-order valence-electron chi connectivity index (χ3n) is 5.30. The summed E-state index contributed by atoms with van der Waals surface area (Å²) in [6.45, 7) is 1.36. The molecule has 0 saturated carbocycles. The number of carbonyl (C=O) groups excluding carboxylic acids is 2. The molecule has 0 spiro atoms. The molecule has 0 fully saturated rings. The van der Waals surface area contributed by atoms with Gasteiger partial charge in [-0.3, -0.25) is 14.5 Å². The van der Waals surface area contributed by atoms with Crippen LogP contribution in [0.25, 0.3) is 11.1 Å². The molecule has 2 amide bonds. The number of hydrogen-bond acceptors (Lipinski definition) is 6. The summed E-state index contributed by atoms with van der Waals surface area (Å²) in [5.74, 6) is 4.58. The second kappa shape index (κ2) is 10.7. The number of imide groups is 1. The van der Waals surface area contributed by atoms with E-state index in [9.17, 15) is 14.9 Å². The standard InChI is InChI=1S/C26H25N5O2/c1-18(32)31(2)26(33)25(15-19-6-5-7-20(14-19)17-29-28)30-23-12-10-21(11-13-23)24-9-4-3-8-22(24)16-27/h3-14,17,25,30H,15,28H2,1-2H3/t25-/m0/s1. The van der Waals surface area contributed by atoms with E-state index in [-0.39, 0.29) is 11.8 Å². The van der Waals surface area contributed by atoms with Gasteiger partial charge in [-0.2, -0.15) is 10.4 Å². The Bertz CT molecular complexity index is 1210. The molecule has 0 aliphatic carbocycles. The molecule has 33 heavy (non-hydrogen) atoms. The van der Waals surface area contributed by atoms with Crippen molar-refractivity contribution < 1.29 is 9.59 Å². The van der Waals surface area contributed by atoms with Crippen LogP contribution in [-0.4, -0.2) is 36.0 Å². The van der Waals surface area contributed by atoms with Crippen molar-refractivity contribution in [3.05, 3.63) is 89.5 Å². The van der Waals surface area contributed by atoms with Gasteiger partial charge in [0.05, 0.1) is 17.8 Å². The Labute approximate surface area is 193 Å². The lowest BCUT2D eigenvalue weighted by Crippen LogP contribution is -2.44. The number of benzene rings is 3. The van der Waals surface area contributed by atoms with Crippen LogP contribution in [0, 0.1) is 11.3 Å². The molecule has 0 aliphatic rings. The zero-order chi connectivity index (χ0) is 23.8. The first-order chi connectivity index (χ1) is 15.9. The highest BCUT2D eigenvalue weighted by Gasteiger charge is 2.25. The molecule has 3 N–H and O–H groups in total. The number of carbonyl (C=O) groups is 2. The quantitative estimate of drug-likeness (QED) is 0.332. The molecular formula is C26H25N5O2. The van der Waals surface area contributed by atoms with Gasteiger partial charge in [-0.1, -0.05) is 54.6 Å². The molecule has 1 atom stereocenters. The number of nitrogens with two attached hydrogens (primary N) is 1. The summed E-state index contributed by atoms with van der Waals surface area (Å²) in [5, 5.41) is 16.2. The normalized spacial score (nSPS) is 11.5. The highest BCUT2D eigenvalue weighted by atomic mass is 16.2. The predicted molar refractivity (Wildman–Crippen MR) is 129 cm³/mol. The molecule has 3 aromatic carbocycles. The number of nitrogens with one attached hydrogen (secondary N) is 1. The molecule has 3 rings (SSSR count). The van der Waals surface area contributed by atoms with Crippen molar-refractivity contribution in [2.75, 3.05) is 12.4 Å². The fourth-order valence-corrected chi connectivity index (χ4v) is 3.49. The predicted octanol–water partition coefficient (Wildman–Crippen LogP) is 3.55. The number of hydrazone groups is 1. The van der Waals surface area contributed by atoms with Gasteiger partial charge in [-0.05, 0) is 40.5 Å². The monoisotopic (exact) mass is 439 g/mol. The summed E-state index contributed by atoms with van der Waals surface area (Å²) in [5.41, 5.74) is 4.78. The Balaban J connectivity index is 1.87. The van der Waals surface area contributed by atoms with Crippen LogP contribution in [-0.2, 0) is 16.0 Å². The first kappa shape index (κ1) is 23.2. The van der Waals surface area contributed by atoms with Crippen molar-refractivity contribution in [1.82, 2.24) is 4.90 Å². The van der Waals surface area contributed by atoms with Gasteiger partial charge < -0.3 is 11.2 Å². The van der Waals surface area contributed by atoms with Crippen LogP contribution in [0.3, 0.4) is 0 Å². The molecular weight excluding hydrogens is 414 g/mol. The molecule has 0 saturated heterocycles. The first-order valence-electron chi connectivity index (χ1n) is 10.4. The zero-order valence-corrected chi connectivity index (χ0v) is 18.5. The molecule has 0 heterocycles. The average Bonchev–Trinajstić information content (AvgIpc) is 2.83. The fourth-order valence-electron chi connectivity index (χ4n) is 3.49. The Morgan fingerprint density at radius 3 is 2.52 bits per heavy atom. The highest BCUT2D eigenvalue weighted by molar-refractivity contribution is 5.98. The lowest BCUT2D eigenvalue weighted by atomic mass is 9.99. The highest BCUT2D eigenvalue weighted by Crippen LogP contribution is 2.25. The Morgan fingerprint density at radius 1 is 1.12 bits per heavy atom. The number of nitrogens with zero attached hydrogens (tertiary/aromatic N) is 3. The van der Waals surface area contributed by atoms with E-state index in [4.69, 9.17) is 5.84 Å². The van der Waals surface area contributed by atoms with Crippen molar-refractivity contribution in [3.8, 4) is 17.2 Å². The van der Waals surface area contributed by atoms with Crippen LogP contribution >= 0.6 is 0 Å². The van der Waals surface area contributed by atoms with Crippen LogP contribution in [0.1, 0.15) is 23.6 Å². The maximum Gasteiger partial charge on any atom is 0.251 e. The minimum absolute atomic E-state index is 0.334. The maximum absolute atomic E-state index is 13.0. The van der Waals surface area contributed by atoms with Crippen molar-refractivity contribution in [1.29, 1.82) is 5.26 Å². The second-order valence-electron chi connectivity index (χ2n) is 7.58. The summed E-state index contributed by atoms with van der Waals surface area (Å²) in [6, 6.07) is 24.0. The third kappa shape index (κ3) is 5.83. The van der Waals surface area contributed by atoms with Crippen LogP contribution in [0.15, 0.2) is 77.9 Å². The minimum atomic E-state index is -0.666. The minimum Gasteiger partial charge on any atom is -0.373 e. The largest absolute Gasteiger partial charge is 0.373 e. The molecule has 3 aromatic rings. The molecule has 0 aromatic heterocycles. The molecule has 0 unspecified atom stereocenters. The number of nitriles is 1. The Hall–Kier alpha value is -4.44. The van der Waals surface area contributed by atoms with Crippen LogP contribution < -0.4 is 11.2 Å². The first-order valence-corrected chi connectivity index (χ1v) is 10.4. The smallest absolute Gasteiger partial charge is 0.251 e. The SMILES string of the molecule is CC(=O)N(C)C(=O)[C@H](Cc1cccc(C=NN)c1)Nc1ccc(-c2ccccc2C#N)cc1. The summed E-state index contributed by atoms with van der Waals surface area (Å²) in [4.78, 5) is 26.0. The number of hydrogen-bond donors (Lipinski definition) is 2. The lowest BCUT2D eigenvalue weighted by molar-refractivity contribution is -0.142. The van der Waals surface area contributed by atoms with E-state index in [2.05, 4.69) is 16.5 Å². The molecule has 0 radical (unpaired) electrons. The molecule has 166 valence electrons. The summed E-state index contributed by atoms with van der Waals surface area (Å²) >= 11 is 0. The van der Waals surface area contributed by atoms with Crippen molar-refractivity contribution in [2.24, 2.45) is 10.9 Å². The van der Waals surface area contributed by atoms with E-state index < -0.39 is 6.04 Å². The van der Waals surface area contributed by atoms with E-state index in [0.29, 0.717) is 12.0 Å². The van der Waals surface area contributed by atoms with Gasteiger partial charge in [0, 0.05) is 26.1 Å². The zero-order valence-electron chi connectivity index (χ0n) is 18.5. The van der Waals surface area contributed by atoms with Crippen molar-refractivity contribution in [2.45, 2.75) is 19.4 Å². The van der Waals surface area contributed by atoms with Gasteiger partial charge in [-0.15, -0.1) is 0 Å². The van der Waals surface area contributed by atoms with Crippen LogP contribution in [0.4, 0.5) is 5.69 Å². The van der Waals surface area contributed by atoms with Crippen molar-refractivity contribution >= 4 is 23.7 Å². The van der Waals surface area contributed by atoms with Gasteiger partial charge in [0.15, 0.2) is 0 Å². The molecule has 0 bridgehead atoms. The Morgan fingerprint density at radius 2 is 1.85 bits per heavy atom. The van der Waals surface area contributed by atoms with Gasteiger partial charge in [0.2, 0.25) is 5.91 Å². The number of anilines is 1. The third-order valence-corrected chi connectivity index (χ3v) is 5.30. The van der Waals surface area contributed by atoms with Gasteiger partial charge in [-0.25, -0.2) is 0 Å². The van der Waals surface area contributed by atoms with Crippen molar-refractivity contribution in [3.63, 3.8) is 0 Å². The van der Waals surface area contributed by atoms with Crippen LogP contribution in [0.2, 0.25) is 0 Å². The second-order valence-corrected chi connectivity index (χ2v) is 7.58. The lowest BCUT2D eigenvalue weighted by Gasteiger charge is -2.24. The molecule has 0 aliphatic heterocycles. The van der Waals surface area contributed by atoms with E-state index in [1.165, 1.54) is 20.2 Å². The maximum atomic E-state index is 13.0. The van der Waals surface area contributed by atoms with E-state index >= 15 is 0 Å². The Kier molecular flexibility index (Phi) is 7.55. The average molecular weight is 440 g/mol. The van der Waals surface area contributed by atoms with Gasteiger partial charge in [0.1, 0.15) is 6.04 Å². The topological polar surface area (TPSA) is 112 Å². The summed E-state index contributed by atoms with van der Waals surface area (Å²) in [6.07, 6.45) is 1.90. The van der Waals surface area contributed by atoms with E-state index in [1.54, 1.807) is 6.07 Å². The number of amides is 2. The van der Waals surface area contributed by atoms with Gasteiger partial charge >= 0.3 is 0 Å². The number of rotatable bonds is 7. The van der Waals surface area contributed by atoms with Gasteiger partial charge in [0.25, 0.3) is 5.91 Å². The summed E-state index contributed by atoms with van der Waals surface area (Å²) in [7, 11) is 1.47.